The smallest absolute Gasteiger partial charge is 0.338 e. The van der Waals surface area contributed by atoms with Crippen molar-refractivity contribution in [2.75, 3.05) is 11.9 Å². The van der Waals surface area contributed by atoms with Crippen LogP contribution in [-0.4, -0.2) is 30.8 Å². The Balaban J connectivity index is 1.67. The molecule has 0 bridgehead atoms. The van der Waals surface area contributed by atoms with Gasteiger partial charge in [0.25, 0.3) is 0 Å². The number of ether oxygens (including phenoxy) is 2. The second kappa shape index (κ2) is 6.06. The van der Waals surface area contributed by atoms with Crippen LogP contribution in [0.15, 0.2) is 18.2 Å². The fourth-order valence-electron chi connectivity index (χ4n) is 3.26. The maximum atomic E-state index is 12.3. The van der Waals surface area contributed by atoms with E-state index in [4.69, 9.17) is 9.47 Å². The van der Waals surface area contributed by atoms with Crippen molar-refractivity contribution >= 4 is 11.7 Å². The third-order valence-electron chi connectivity index (χ3n) is 4.21. The molecule has 4 nitrogen and oxygen atoms in total. The molecule has 0 saturated carbocycles. The van der Waals surface area contributed by atoms with Crippen molar-refractivity contribution in [1.82, 2.24) is 0 Å². The molecule has 2 heterocycles. The Kier molecular flexibility index (Phi) is 4.15. The molecular weight excluding hydrogens is 266 g/mol. The molecule has 0 amide bonds. The van der Waals surface area contributed by atoms with Gasteiger partial charge in [0.2, 0.25) is 0 Å². The number of fused-ring (bicyclic) bond motifs is 1. The summed E-state index contributed by atoms with van der Waals surface area (Å²) in [5.41, 5.74) is 3.01. The van der Waals surface area contributed by atoms with Crippen molar-refractivity contribution in [1.29, 1.82) is 0 Å². The van der Waals surface area contributed by atoms with Crippen LogP contribution in [0.25, 0.3) is 0 Å². The maximum absolute atomic E-state index is 12.3. The fraction of sp³-hybridized carbons (Fsp3) is 0.588. The van der Waals surface area contributed by atoms with Crippen molar-refractivity contribution in [2.24, 2.45) is 0 Å². The topological polar surface area (TPSA) is 47.6 Å². The van der Waals surface area contributed by atoms with Gasteiger partial charge in [-0.05, 0) is 50.5 Å². The van der Waals surface area contributed by atoms with Gasteiger partial charge in [0.1, 0.15) is 6.10 Å². The number of carbonyl (C=O) groups is 1. The zero-order valence-corrected chi connectivity index (χ0v) is 12.7. The Morgan fingerprint density at radius 3 is 2.81 bits per heavy atom. The van der Waals surface area contributed by atoms with E-state index in [0.717, 1.165) is 37.9 Å². The van der Waals surface area contributed by atoms with E-state index in [1.54, 1.807) is 0 Å². The highest BCUT2D eigenvalue weighted by Gasteiger charge is 2.27. The molecular formula is C17H23NO3. The molecule has 21 heavy (non-hydrogen) atoms. The zero-order valence-electron chi connectivity index (χ0n) is 12.7. The number of anilines is 1. The van der Waals surface area contributed by atoms with Crippen LogP contribution in [0, 0.1) is 0 Å². The lowest BCUT2D eigenvalue weighted by Crippen LogP contribution is -2.35. The first kappa shape index (κ1) is 14.4. The maximum Gasteiger partial charge on any atom is 0.338 e. The van der Waals surface area contributed by atoms with E-state index >= 15 is 0 Å². The van der Waals surface area contributed by atoms with Crippen LogP contribution in [0.2, 0.25) is 0 Å². The van der Waals surface area contributed by atoms with Gasteiger partial charge in [0.05, 0.1) is 17.8 Å². The Bertz CT molecular complexity index is 519. The molecule has 1 N–H and O–H groups in total. The molecule has 2 aliphatic rings. The summed E-state index contributed by atoms with van der Waals surface area (Å²) in [6.07, 6.45) is 3.96. The van der Waals surface area contributed by atoms with Gasteiger partial charge >= 0.3 is 5.97 Å². The molecule has 1 aromatic carbocycles. The number of hydrogen-bond donors (Lipinski definition) is 1. The highest BCUT2D eigenvalue weighted by molar-refractivity contribution is 5.90. The number of esters is 1. The zero-order chi connectivity index (χ0) is 14.8. The van der Waals surface area contributed by atoms with Crippen LogP contribution in [0.5, 0.6) is 0 Å². The monoisotopic (exact) mass is 289 g/mol. The van der Waals surface area contributed by atoms with Crippen LogP contribution in [0.4, 0.5) is 5.69 Å². The first-order chi connectivity index (χ1) is 10.1. The van der Waals surface area contributed by atoms with Gasteiger partial charge in [-0.25, -0.2) is 4.79 Å². The molecule has 2 atom stereocenters. The molecule has 2 unspecified atom stereocenters. The van der Waals surface area contributed by atoms with Crippen LogP contribution in [0.3, 0.4) is 0 Å². The summed E-state index contributed by atoms with van der Waals surface area (Å²) in [4.78, 5) is 12.3. The van der Waals surface area contributed by atoms with Gasteiger partial charge in [-0.3, -0.25) is 0 Å². The van der Waals surface area contributed by atoms with Gasteiger partial charge in [0.15, 0.2) is 0 Å². The molecule has 1 fully saturated rings. The predicted molar refractivity (Wildman–Crippen MR) is 81.7 cm³/mol. The molecule has 0 radical (unpaired) electrons. The van der Waals surface area contributed by atoms with Crippen molar-refractivity contribution in [3.05, 3.63) is 29.3 Å². The van der Waals surface area contributed by atoms with Crippen LogP contribution in [-0.2, 0) is 15.9 Å². The minimum absolute atomic E-state index is 0.0367. The molecule has 2 aliphatic heterocycles. The number of nitrogens with one attached hydrogen (secondary N) is 1. The highest BCUT2D eigenvalue weighted by atomic mass is 16.6. The number of rotatable bonds is 2. The van der Waals surface area contributed by atoms with Crippen molar-refractivity contribution in [3.8, 4) is 0 Å². The summed E-state index contributed by atoms with van der Waals surface area (Å²) >= 11 is 0. The molecule has 0 spiro atoms. The summed E-state index contributed by atoms with van der Waals surface area (Å²) in [6, 6.07) is 5.81. The number of benzene rings is 1. The molecule has 0 aliphatic carbocycles. The Labute approximate surface area is 125 Å². The summed E-state index contributed by atoms with van der Waals surface area (Å²) in [5.74, 6) is -0.213. The van der Waals surface area contributed by atoms with Gasteiger partial charge < -0.3 is 14.8 Å². The first-order valence-corrected chi connectivity index (χ1v) is 7.85. The van der Waals surface area contributed by atoms with Crippen LogP contribution in [0.1, 0.15) is 49.0 Å². The van der Waals surface area contributed by atoms with Crippen molar-refractivity contribution in [2.45, 2.75) is 57.8 Å². The SMILES string of the molecule is CC1CC(OC(=O)c2ccc3c(c2)CCCN3)CC(C)O1. The first-order valence-electron chi connectivity index (χ1n) is 7.85. The lowest BCUT2D eigenvalue weighted by molar-refractivity contribution is -0.0855. The fourth-order valence-corrected chi connectivity index (χ4v) is 3.26. The van der Waals surface area contributed by atoms with E-state index in [0.29, 0.717) is 5.56 Å². The second-order valence-corrected chi connectivity index (χ2v) is 6.16. The van der Waals surface area contributed by atoms with E-state index in [1.807, 2.05) is 32.0 Å². The van der Waals surface area contributed by atoms with Gasteiger partial charge in [-0.15, -0.1) is 0 Å². The Morgan fingerprint density at radius 2 is 2.05 bits per heavy atom. The van der Waals surface area contributed by atoms with Gasteiger partial charge in [-0.2, -0.15) is 0 Å². The minimum atomic E-state index is -0.213. The van der Waals surface area contributed by atoms with Crippen LogP contribution >= 0.6 is 0 Å². The number of aryl methyl sites for hydroxylation is 1. The van der Waals surface area contributed by atoms with Gasteiger partial charge in [-0.1, -0.05) is 0 Å². The van der Waals surface area contributed by atoms with E-state index in [-0.39, 0.29) is 24.3 Å². The summed E-state index contributed by atoms with van der Waals surface area (Å²) in [6.45, 7) is 5.07. The predicted octanol–water partition coefficient (Wildman–Crippen LogP) is 3.16. The Morgan fingerprint density at radius 1 is 1.29 bits per heavy atom. The van der Waals surface area contributed by atoms with E-state index in [1.165, 1.54) is 5.56 Å². The number of carbonyl (C=O) groups excluding carboxylic acids is 1. The molecule has 0 aromatic heterocycles. The molecule has 3 rings (SSSR count). The summed E-state index contributed by atoms with van der Waals surface area (Å²) in [5, 5.41) is 3.35. The number of hydrogen-bond acceptors (Lipinski definition) is 4. The van der Waals surface area contributed by atoms with E-state index < -0.39 is 0 Å². The van der Waals surface area contributed by atoms with E-state index in [9.17, 15) is 4.79 Å². The third kappa shape index (κ3) is 3.38. The normalized spacial score (nSPS) is 28.4. The quantitative estimate of drug-likeness (QED) is 0.850. The van der Waals surface area contributed by atoms with Gasteiger partial charge in [0, 0.05) is 25.1 Å². The molecule has 1 aromatic rings. The van der Waals surface area contributed by atoms with Crippen LogP contribution < -0.4 is 5.32 Å². The average molecular weight is 289 g/mol. The molecule has 114 valence electrons. The third-order valence-corrected chi connectivity index (χ3v) is 4.21. The summed E-state index contributed by atoms with van der Waals surface area (Å²) in [7, 11) is 0. The lowest BCUT2D eigenvalue weighted by Gasteiger charge is -2.31. The Hall–Kier alpha value is -1.55. The van der Waals surface area contributed by atoms with E-state index in [2.05, 4.69) is 5.32 Å². The average Bonchev–Trinajstić information content (AvgIpc) is 2.45. The van der Waals surface area contributed by atoms with Crippen molar-refractivity contribution in [3.63, 3.8) is 0 Å². The van der Waals surface area contributed by atoms with Crippen molar-refractivity contribution < 1.29 is 14.3 Å². The summed E-state index contributed by atoms with van der Waals surface area (Å²) < 4.78 is 11.3. The highest BCUT2D eigenvalue weighted by Crippen LogP contribution is 2.25. The standard InChI is InChI=1S/C17H23NO3/c1-11-8-15(9-12(2)20-11)21-17(19)14-5-6-16-13(10-14)4-3-7-18-16/h5-6,10-12,15,18H,3-4,7-9H2,1-2H3. The second-order valence-electron chi connectivity index (χ2n) is 6.16. The molecule has 4 heteroatoms. The largest absolute Gasteiger partial charge is 0.459 e. The lowest BCUT2D eigenvalue weighted by atomic mass is 10.0. The minimum Gasteiger partial charge on any atom is -0.459 e. The molecule has 1 saturated heterocycles.